The predicted octanol–water partition coefficient (Wildman–Crippen LogP) is 5.03. The van der Waals surface area contributed by atoms with Gasteiger partial charge in [-0.15, -0.1) is 0 Å². The van der Waals surface area contributed by atoms with Gasteiger partial charge in [-0.2, -0.15) is 0 Å². The van der Waals surface area contributed by atoms with Crippen LogP contribution >= 0.6 is 23.2 Å². The van der Waals surface area contributed by atoms with Gasteiger partial charge in [-0.05, 0) is 42.5 Å². The Kier molecular flexibility index (Phi) is 6.50. The highest BCUT2D eigenvalue weighted by atomic mass is 35.5. The number of anilines is 1. The van der Waals surface area contributed by atoms with Crippen LogP contribution < -0.4 is 5.32 Å². The molecule has 0 saturated carbocycles. The number of amides is 2. The number of nitrogens with zero attached hydrogens (tertiary/aromatic N) is 2. The Hall–Kier alpha value is -1.92. The summed E-state index contributed by atoms with van der Waals surface area (Å²) in [5, 5.41) is 3.90. The van der Waals surface area contributed by atoms with Crippen molar-refractivity contribution < 1.29 is 9.53 Å². The fourth-order valence-corrected chi connectivity index (χ4v) is 3.70. The summed E-state index contributed by atoms with van der Waals surface area (Å²) in [6.45, 7) is 9.11. The Morgan fingerprint density at radius 2 is 2.00 bits per heavy atom. The number of halogens is 2. The van der Waals surface area contributed by atoms with Crippen LogP contribution in [0.3, 0.4) is 0 Å². The Morgan fingerprint density at radius 3 is 2.70 bits per heavy atom. The highest BCUT2D eigenvalue weighted by molar-refractivity contribution is 6.39. The summed E-state index contributed by atoms with van der Waals surface area (Å²) in [5.41, 5.74) is 4.16. The normalized spacial score (nSPS) is 14.8. The molecule has 7 heteroatoms. The molecule has 27 heavy (non-hydrogen) atoms. The van der Waals surface area contributed by atoms with E-state index < -0.39 is 6.03 Å². The van der Waals surface area contributed by atoms with Crippen LogP contribution in [-0.2, 0) is 11.3 Å². The topological polar surface area (TPSA) is 53.9 Å². The molecule has 0 bridgehead atoms. The number of morpholine rings is 1. The van der Waals surface area contributed by atoms with E-state index >= 15 is 0 Å². The molecule has 1 fully saturated rings. The monoisotopic (exact) mass is 405 g/mol. The second kappa shape index (κ2) is 8.85. The molecule has 0 aromatic heterocycles. The number of nitrogens with one attached hydrogen (secondary N) is 1. The maximum Gasteiger partial charge on any atom is 0.344 e. The molecule has 2 aromatic rings. The molecule has 0 spiro atoms. The van der Waals surface area contributed by atoms with E-state index in [1.54, 1.807) is 0 Å². The number of hydrogen-bond acceptors (Lipinski definition) is 3. The van der Waals surface area contributed by atoms with E-state index in [9.17, 15) is 4.79 Å². The molecule has 2 amide bonds. The van der Waals surface area contributed by atoms with Crippen LogP contribution in [0.1, 0.15) is 11.1 Å². The van der Waals surface area contributed by atoms with Crippen LogP contribution in [0.25, 0.3) is 11.1 Å². The first-order chi connectivity index (χ1) is 13.0. The number of carbonyl (C=O) groups excluding carboxylic acids is 1. The lowest BCUT2D eigenvalue weighted by Crippen LogP contribution is -2.35. The molecule has 142 valence electrons. The number of hydrogen-bond donors (Lipinski definition) is 1. The van der Waals surface area contributed by atoms with E-state index in [1.807, 2.05) is 37.3 Å². The van der Waals surface area contributed by atoms with Crippen molar-refractivity contribution in [2.45, 2.75) is 13.5 Å². The molecular weight excluding hydrogens is 385 g/mol. The van der Waals surface area contributed by atoms with Gasteiger partial charge in [0, 0.05) is 35.9 Å². The number of carbonyl (C=O) groups is 1. The van der Waals surface area contributed by atoms with E-state index in [-0.39, 0.29) is 0 Å². The summed E-state index contributed by atoms with van der Waals surface area (Å²) in [4.78, 5) is 17.3. The van der Waals surface area contributed by atoms with Crippen molar-refractivity contribution in [3.05, 3.63) is 51.5 Å². The standard InChI is InChI=1S/C20H21Cl2N3O2/c1-13-3-4-14(11-17(13)24-20(26)23-2)18-16(21)6-5-15(19(18)22)12-25-7-9-27-10-8-25/h3-6,11H,2,7-10,12H2,1H3,(H,24,26). The minimum atomic E-state index is -0.506. The summed E-state index contributed by atoms with van der Waals surface area (Å²) in [5.74, 6) is 0. The third-order valence-corrected chi connectivity index (χ3v) is 5.33. The molecule has 1 saturated heterocycles. The van der Waals surface area contributed by atoms with E-state index in [0.29, 0.717) is 15.7 Å². The van der Waals surface area contributed by atoms with Crippen LogP contribution in [0.5, 0.6) is 0 Å². The molecule has 0 radical (unpaired) electrons. The van der Waals surface area contributed by atoms with Gasteiger partial charge in [-0.1, -0.05) is 41.4 Å². The van der Waals surface area contributed by atoms with E-state index in [4.69, 9.17) is 27.9 Å². The van der Waals surface area contributed by atoms with Gasteiger partial charge in [0.1, 0.15) is 0 Å². The van der Waals surface area contributed by atoms with Gasteiger partial charge in [0.15, 0.2) is 0 Å². The Morgan fingerprint density at radius 1 is 1.26 bits per heavy atom. The summed E-state index contributed by atoms with van der Waals surface area (Å²) < 4.78 is 5.40. The van der Waals surface area contributed by atoms with Crippen molar-refractivity contribution in [3.8, 4) is 11.1 Å². The largest absolute Gasteiger partial charge is 0.379 e. The van der Waals surface area contributed by atoms with E-state index in [0.717, 1.165) is 55.1 Å². The highest BCUT2D eigenvalue weighted by Crippen LogP contribution is 2.39. The van der Waals surface area contributed by atoms with Crippen LogP contribution in [0, 0.1) is 6.92 Å². The second-order valence-corrected chi connectivity index (χ2v) is 7.19. The minimum absolute atomic E-state index is 0.506. The number of benzene rings is 2. The van der Waals surface area contributed by atoms with Crippen molar-refractivity contribution in [2.75, 3.05) is 31.6 Å². The Balaban J connectivity index is 1.96. The molecule has 5 nitrogen and oxygen atoms in total. The van der Waals surface area contributed by atoms with Crippen molar-refractivity contribution in [1.82, 2.24) is 4.90 Å². The molecule has 0 atom stereocenters. The summed E-state index contributed by atoms with van der Waals surface area (Å²) in [6.07, 6.45) is 0. The predicted molar refractivity (Wildman–Crippen MR) is 111 cm³/mol. The van der Waals surface area contributed by atoms with Crippen LogP contribution in [0.2, 0.25) is 10.0 Å². The van der Waals surface area contributed by atoms with Crippen LogP contribution in [0.4, 0.5) is 10.5 Å². The molecule has 1 aliphatic rings. The van der Waals surface area contributed by atoms with E-state index in [2.05, 4.69) is 21.9 Å². The number of rotatable bonds is 4. The SMILES string of the molecule is C=NC(=O)Nc1cc(-c2c(Cl)ccc(CN3CCOCC3)c2Cl)ccc1C. The second-order valence-electron chi connectivity index (χ2n) is 6.40. The maximum absolute atomic E-state index is 11.6. The Bertz CT molecular complexity index is 865. The molecule has 1 heterocycles. The van der Waals surface area contributed by atoms with Crippen molar-refractivity contribution in [1.29, 1.82) is 0 Å². The number of aryl methyl sites for hydroxylation is 1. The number of aliphatic imine (C=N–C) groups is 1. The first kappa shape index (κ1) is 19.8. The minimum Gasteiger partial charge on any atom is -0.379 e. The number of ether oxygens (including phenoxy) is 1. The quantitative estimate of drug-likeness (QED) is 0.725. The van der Waals surface area contributed by atoms with E-state index in [1.165, 1.54) is 0 Å². The molecule has 0 aliphatic carbocycles. The molecular formula is C20H21Cl2N3O2. The maximum atomic E-state index is 11.6. The third kappa shape index (κ3) is 4.68. The molecule has 1 N–H and O–H groups in total. The summed E-state index contributed by atoms with van der Waals surface area (Å²) in [6, 6.07) is 9.02. The van der Waals surface area contributed by atoms with Gasteiger partial charge in [-0.25, -0.2) is 9.79 Å². The molecule has 3 rings (SSSR count). The highest BCUT2D eigenvalue weighted by Gasteiger charge is 2.17. The van der Waals surface area contributed by atoms with Gasteiger partial charge in [-0.3, -0.25) is 4.90 Å². The fourth-order valence-electron chi connectivity index (χ4n) is 3.05. The summed E-state index contributed by atoms with van der Waals surface area (Å²) in [7, 11) is 0. The zero-order valence-electron chi connectivity index (χ0n) is 15.1. The van der Waals surface area contributed by atoms with Crippen molar-refractivity contribution in [2.24, 2.45) is 4.99 Å². The van der Waals surface area contributed by atoms with Gasteiger partial charge in [0.05, 0.1) is 18.2 Å². The zero-order chi connectivity index (χ0) is 19.4. The third-order valence-electron chi connectivity index (χ3n) is 4.58. The van der Waals surface area contributed by atoms with Crippen LogP contribution in [0.15, 0.2) is 35.3 Å². The average Bonchev–Trinajstić information content (AvgIpc) is 2.67. The molecule has 2 aromatic carbocycles. The lowest BCUT2D eigenvalue weighted by atomic mass is 10.00. The van der Waals surface area contributed by atoms with Crippen LogP contribution in [-0.4, -0.2) is 44.0 Å². The van der Waals surface area contributed by atoms with Gasteiger partial charge in [0.25, 0.3) is 0 Å². The zero-order valence-corrected chi connectivity index (χ0v) is 16.6. The Labute approximate surface area is 168 Å². The van der Waals surface area contributed by atoms with Crippen molar-refractivity contribution in [3.63, 3.8) is 0 Å². The summed E-state index contributed by atoms with van der Waals surface area (Å²) >= 11 is 13.2. The lowest BCUT2D eigenvalue weighted by Gasteiger charge is -2.27. The van der Waals surface area contributed by atoms with Gasteiger partial charge in [0.2, 0.25) is 0 Å². The molecule has 0 unspecified atom stereocenters. The number of urea groups is 1. The first-order valence-corrected chi connectivity index (χ1v) is 9.41. The van der Waals surface area contributed by atoms with Gasteiger partial charge < -0.3 is 10.1 Å². The molecule has 1 aliphatic heterocycles. The van der Waals surface area contributed by atoms with Crippen molar-refractivity contribution >= 4 is 41.6 Å². The average molecular weight is 406 g/mol. The first-order valence-electron chi connectivity index (χ1n) is 8.65. The smallest absolute Gasteiger partial charge is 0.344 e. The lowest BCUT2D eigenvalue weighted by molar-refractivity contribution is 0.0342. The fraction of sp³-hybridized carbons (Fsp3) is 0.300. The van der Waals surface area contributed by atoms with Gasteiger partial charge >= 0.3 is 6.03 Å².